The van der Waals surface area contributed by atoms with Gasteiger partial charge in [-0.05, 0) is 61.4 Å². The van der Waals surface area contributed by atoms with Crippen LogP contribution in [0.15, 0.2) is 58.3 Å². The Kier molecular flexibility index (Phi) is 6.29. The third-order valence-electron chi connectivity index (χ3n) is 3.67. The summed E-state index contributed by atoms with van der Waals surface area (Å²) in [6.45, 7) is 0. The van der Waals surface area contributed by atoms with Gasteiger partial charge in [-0.3, -0.25) is 0 Å². The number of rotatable bonds is 8. The van der Waals surface area contributed by atoms with Gasteiger partial charge >= 0.3 is 0 Å². The van der Waals surface area contributed by atoms with Crippen LogP contribution >= 0.6 is 0 Å². The Hall–Kier alpha value is -1.80. The van der Waals surface area contributed by atoms with Crippen molar-refractivity contribution in [1.82, 2.24) is 0 Å². The summed E-state index contributed by atoms with van der Waals surface area (Å²) in [4.78, 5) is 0.0978. The molecule has 0 N–H and O–H groups in total. The molecule has 2 aromatic carbocycles. The van der Waals surface area contributed by atoms with Crippen molar-refractivity contribution in [3.63, 3.8) is 0 Å². The van der Waals surface area contributed by atoms with E-state index in [2.05, 4.69) is 0 Å². The van der Waals surface area contributed by atoms with Gasteiger partial charge in [0.1, 0.15) is 11.6 Å². The molecule has 0 atom stereocenters. The molecule has 8 heteroatoms. The number of hydrogen-bond donors (Lipinski definition) is 0. The lowest BCUT2D eigenvalue weighted by molar-refractivity contribution is 0.586. The minimum absolute atomic E-state index is 0.0489. The van der Waals surface area contributed by atoms with E-state index in [0.717, 1.165) is 24.3 Å². The van der Waals surface area contributed by atoms with Crippen LogP contribution in [0.1, 0.15) is 19.3 Å². The van der Waals surface area contributed by atoms with E-state index in [1.807, 2.05) is 0 Å². The summed E-state index contributed by atoms with van der Waals surface area (Å²) in [5.41, 5.74) is 0. The Morgan fingerprint density at radius 3 is 1.20 bits per heavy atom. The fraction of sp³-hybridized carbons (Fsp3) is 0.294. The lowest BCUT2D eigenvalue weighted by atomic mass is 10.3. The Balaban J connectivity index is 1.83. The summed E-state index contributed by atoms with van der Waals surface area (Å²) >= 11 is 0. The van der Waals surface area contributed by atoms with Gasteiger partial charge in [0.25, 0.3) is 0 Å². The minimum Gasteiger partial charge on any atom is -0.224 e. The number of halogens is 2. The van der Waals surface area contributed by atoms with E-state index < -0.39 is 31.3 Å². The van der Waals surface area contributed by atoms with Gasteiger partial charge < -0.3 is 0 Å². The van der Waals surface area contributed by atoms with E-state index in [0.29, 0.717) is 19.3 Å². The number of unbranched alkanes of at least 4 members (excludes halogenated alkanes) is 2. The van der Waals surface area contributed by atoms with Crippen LogP contribution in [-0.4, -0.2) is 28.3 Å². The molecule has 0 bridgehead atoms. The van der Waals surface area contributed by atoms with E-state index in [1.54, 1.807) is 0 Å². The van der Waals surface area contributed by atoms with Crippen LogP contribution in [-0.2, 0) is 19.7 Å². The molecule has 4 nitrogen and oxygen atoms in total. The molecule has 0 amide bonds. The molecule has 0 saturated carbocycles. The normalized spacial score (nSPS) is 12.2. The molecule has 0 heterocycles. The van der Waals surface area contributed by atoms with E-state index in [1.165, 1.54) is 24.3 Å². The Morgan fingerprint density at radius 2 is 0.880 bits per heavy atom. The van der Waals surface area contributed by atoms with Crippen molar-refractivity contribution >= 4 is 19.7 Å². The average Bonchev–Trinajstić information content (AvgIpc) is 2.55. The van der Waals surface area contributed by atoms with Crippen molar-refractivity contribution in [3.05, 3.63) is 60.2 Å². The number of sulfone groups is 2. The third kappa shape index (κ3) is 5.61. The molecule has 0 aromatic heterocycles. The SMILES string of the molecule is O=S(=O)(CCCCCS(=O)(=O)c1ccc(F)cc1)c1ccc(F)cc1. The molecule has 25 heavy (non-hydrogen) atoms. The molecule has 0 aliphatic carbocycles. The van der Waals surface area contributed by atoms with E-state index in [-0.39, 0.29) is 21.3 Å². The molecule has 2 rings (SSSR count). The van der Waals surface area contributed by atoms with Crippen LogP contribution in [0.3, 0.4) is 0 Å². The molecule has 0 unspecified atom stereocenters. The molecule has 136 valence electrons. The standard InChI is InChI=1S/C17H18F2O4S2/c18-14-4-8-16(9-5-14)24(20,21)12-2-1-3-13-25(22,23)17-10-6-15(19)7-11-17/h4-11H,1-3,12-13H2. The second-order valence-corrected chi connectivity index (χ2v) is 9.82. The maximum absolute atomic E-state index is 12.8. The highest BCUT2D eigenvalue weighted by atomic mass is 32.2. The smallest absolute Gasteiger partial charge is 0.178 e. The van der Waals surface area contributed by atoms with Gasteiger partial charge in [0.15, 0.2) is 19.7 Å². The van der Waals surface area contributed by atoms with Crippen molar-refractivity contribution in [2.24, 2.45) is 0 Å². The molecule has 0 spiro atoms. The Morgan fingerprint density at radius 1 is 0.560 bits per heavy atom. The maximum Gasteiger partial charge on any atom is 0.178 e. The number of benzene rings is 2. The molecule has 2 aromatic rings. The van der Waals surface area contributed by atoms with Crippen molar-refractivity contribution in [2.45, 2.75) is 29.1 Å². The zero-order valence-corrected chi connectivity index (χ0v) is 15.0. The molecule has 0 saturated heterocycles. The van der Waals surface area contributed by atoms with Crippen LogP contribution in [0.2, 0.25) is 0 Å². The van der Waals surface area contributed by atoms with Crippen LogP contribution in [0, 0.1) is 11.6 Å². The molecule has 0 radical (unpaired) electrons. The second kappa shape index (κ2) is 8.05. The lowest BCUT2D eigenvalue weighted by Crippen LogP contribution is -2.09. The van der Waals surface area contributed by atoms with E-state index >= 15 is 0 Å². The van der Waals surface area contributed by atoms with Crippen molar-refractivity contribution in [1.29, 1.82) is 0 Å². The van der Waals surface area contributed by atoms with Crippen LogP contribution in [0.4, 0.5) is 8.78 Å². The zero-order valence-electron chi connectivity index (χ0n) is 13.4. The fourth-order valence-electron chi connectivity index (χ4n) is 2.28. The number of hydrogen-bond acceptors (Lipinski definition) is 4. The first-order valence-corrected chi connectivity index (χ1v) is 11.0. The van der Waals surface area contributed by atoms with Gasteiger partial charge in [0.05, 0.1) is 21.3 Å². The van der Waals surface area contributed by atoms with Crippen molar-refractivity contribution < 1.29 is 25.6 Å². The summed E-state index contributed by atoms with van der Waals surface area (Å²) < 4.78 is 74.0. The molecular weight excluding hydrogens is 370 g/mol. The largest absolute Gasteiger partial charge is 0.224 e. The predicted molar refractivity (Wildman–Crippen MR) is 90.8 cm³/mol. The van der Waals surface area contributed by atoms with Gasteiger partial charge in [0.2, 0.25) is 0 Å². The van der Waals surface area contributed by atoms with Gasteiger partial charge in [-0.25, -0.2) is 25.6 Å². The van der Waals surface area contributed by atoms with E-state index in [9.17, 15) is 25.6 Å². The summed E-state index contributed by atoms with van der Waals surface area (Å²) in [6.07, 6.45) is 1.03. The van der Waals surface area contributed by atoms with Crippen molar-refractivity contribution in [3.8, 4) is 0 Å². The van der Waals surface area contributed by atoms with Gasteiger partial charge in [-0.1, -0.05) is 6.42 Å². The fourth-order valence-corrected chi connectivity index (χ4v) is 5.02. The summed E-state index contributed by atoms with van der Waals surface area (Å²) in [5.74, 6) is -1.28. The van der Waals surface area contributed by atoms with Crippen LogP contribution in [0.25, 0.3) is 0 Å². The van der Waals surface area contributed by atoms with Gasteiger partial charge in [0, 0.05) is 0 Å². The second-order valence-electron chi connectivity index (χ2n) is 5.61. The van der Waals surface area contributed by atoms with Gasteiger partial charge in [-0.2, -0.15) is 0 Å². The maximum atomic E-state index is 12.8. The summed E-state index contributed by atoms with van der Waals surface area (Å²) in [5, 5.41) is 0. The summed E-state index contributed by atoms with van der Waals surface area (Å²) in [7, 11) is -7.02. The first kappa shape index (κ1) is 19.5. The van der Waals surface area contributed by atoms with Crippen LogP contribution < -0.4 is 0 Å². The molecular formula is C17H18F2O4S2. The monoisotopic (exact) mass is 388 g/mol. The highest BCUT2D eigenvalue weighted by Crippen LogP contribution is 2.16. The quantitative estimate of drug-likeness (QED) is 0.514. The molecule has 0 aliphatic heterocycles. The first-order chi connectivity index (χ1) is 11.7. The average molecular weight is 388 g/mol. The Labute approximate surface area is 146 Å². The minimum atomic E-state index is -3.51. The highest BCUT2D eigenvalue weighted by Gasteiger charge is 2.16. The van der Waals surface area contributed by atoms with Crippen molar-refractivity contribution in [2.75, 3.05) is 11.5 Å². The lowest BCUT2D eigenvalue weighted by Gasteiger charge is -2.06. The van der Waals surface area contributed by atoms with Crippen LogP contribution in [0.5, 0.6) is 0 Å². The van der Waals surface area contributed by atoms with Gasteiger partial charge in [-0.15, -0.1) is 0 Å². The summed E-state index contributed by atoms with van der Waals surface area (Å²) in [6, 6.07) is 9.19. The van der Waals surface area contributed by atoms with E-state index in [4.69, 9.17) is 0 Å². The first-order valence-electron chi connectivity index (χ1n) is 7.67. The third-order valence-corrected chi connectivity index (χ3v) is 7.30. The molecule has 0 fully saturated rings. The predicted octanol–water partition coefficient (Wildman–Crippen LogP) is 3.38. The Bertz CT molecular complexity index is 827. The highest BCUT2D eigenvalue weighted by molar-refractivity contribution is 7.91. The zero-order chi connectivity index (χ0) is 18.5. The topological polar surface area (TPSA) is 68.3 Å². The molecule has 0 aliphatic rings.